The van der Waals surface area contributed by atoms with Gasteiger partial charge in [-0.2, -0.15) is 0 Å². The maximum Gasteiger partial charge on any atom is 0.235 e. The van der Waals surface area contributed by atoms with Gasteiger partial charge in [-0.1, -0.05) is 81.4 Å². The van der Waals surface area contributed by atoms with Gasteiger partial charge in [0.15, 0.2) is 8.32 Å². The summed E-state index contributed by atoms with van der Waals surface area (Å²) in [6.45, 7) is 12.6. The monoisotopic (exact) mass is 484 g/mol. The number of hydrogen-bond acceptors (Lipinski definition) is 5. The van der Waals surface area contributed by atoms with Gasteiger partial charge in [-0.25, -0.2) is 5.43 Å². The molecule has 0 radical (unpaired) electrons. The molecule has 6 nitrogen and oxygen atoms in total. The van der Waals surface area contributed by atoms with E-state index in [9.17, 15) is 4.79 Å². The van der Waals surface area contributed by atoms with Crippen molar-refractivity contribution in [2.24, 2.45) is 0 Å². The van der Waals surface area contributed by atoms with E-state index in [0.29, 0.717) is 32.7 Å². The van der Waals surface area contributed by atoms with Crippen molar-refractivity contribution >= 4 is 14.2 Å². The molecule has 34 heavy (non-hydrogen) atoms. The third-order valence-corrected chi connectivity index (χ3v) is 11.2. The van der Waals surface area contributed by atoms with Gasteiger partial charge in [-0.05, 0) is 35.7 Å². The van der Waals surface area contributed by atoms with Crippen molar-refractivity contribution in [3.8, 4) is 0 Å². The second-order valence-electron chi connectivity index (χ2n) is 10.6. The minimum absolute atomic E-state index is 0.00656. The zero-order chi connectivity index (χ0) is 24.6. The van der Waals surface area contributed by atoms with Crippen LogP contribution in [0.25, 0.3) is 0 Å². The molecule has 0 aliphatic carbocycles. The van der Waals surface area contributed by atoms with Gasteiger partial charge < -0.3 is 13.9 Å². The van der Waals surface area contributed by atoms with Gasteiger partial charge in [0.1, 0.15) is 0 Å². The number of hydrogen-bond donors (Lipinski definition) is 2. The Labute approximate surface area is 205 Å². The van der Waals surface area contributed by atoms with Crippen molar-refractivity contribution in [1.29, 1.82) is 0 Å². The summed E-state index contributed by atoms with van der Waals surface area (Å²) in [6, 6.07) is 20.3. The maximum atomic E-state index is 11.8. The second kappa shape index (κ2) is 12.1. The molecule has 186 valence electrons. The zero-order valence-electron chi connectivity index (χ0n) is 21.2. The van der Waals surface area contributed by atoms with Gasteiger partial charge in [0.25, 0.3) is 0 Å². The summed E-state index contributed by atoms with van der Waals surface area (Å²) < 4.78 is 19.5. The minimum Gasteiger partial charge on any atom is -0.409 e. The molecule has 1 saturated heterocycles. The summed E-state index contributed by atoms with van der Waals surface area (Å²) in [5, 5.41) is 0.0534. The highest BCUT2D eigenvalue weighted by molar-refractivity contribution is 6.74. The average molecular weight is 485 g/mol. The lowest BCUT2D eigenvalue weighted by Gasteiger charge is -2.41. The second-order valence-corrected chi connectivity index (χ2v) is 15.3. The molecular formula is C27H40N2O4Si. The third-order valence-electron chi connectivity index (χ3n) is 6.73. The minimum atomic E-state index is -2.10. The fraction of sp³-hybridized carbons (Fsp3) is 0.519. The van der Waals surface area contributed by atoms with Crippen molar-refractivity contribution in [2.45, 2.75) is 83.2 Å². The lowest BCUT2D eigenvalue weighted by Crippen LogP contribution is -2.50. The van der Waals surface area contributed by atoms with Crippen LogP contribution in [-0.4, -0.2) is 39.1 Å². The lowest BCUT2D eigenvalue weighted by molar-refractivity contribution is -0.119. The number of ether oxygens (including phenoxy) is 2. The Kier molecular flexibility index (Phi) is 9.45. The van der Waals surface area contributed by atoms with Crippen LogP contribution in [-0.2, 0) is 31.9 Å². The van der Waals surface area contributed by atoms with Gasteiger partial charge in [-0.3, -0.25) is 10.2 Å². The van der Waals surface area contributed by atoms with Crippen LogP contribution in [0.5, 0.6) is 0 Å². The third kappa shape index (κ3) is 8.03. The van der Waals surface area contributed by atoms with E-state index in [2.05, 4.69) is 69.0 Å². The number of hydrazine groups is 1. The molecule has 2 aromatic carbocycles. The molecule has 7 heteroatoms. The average Bonchev–Trinajstić information content (AvgIpc) is 3.21. The van der Waals surface area contributed by atoms with Gasteiger partial charge >= 0.3 is 0 Å². The molecule has 0 spiro atoms. The quantitative estimate of drug-likeness (QED) is 0.417. The van der Waals surface area contributed by atoms with Gasteiger partial charge in [0, 0.05) is 12.5 Å². The standard InChI is InChI=1S/C27H40N2O4Si/c1-27(2,3)34(4,5)33-25(20-31-18-21-12-8-6-9-13-21)24(16-23-17-26(30)29-28-23)32-19-22-14-10-7-11-15-22/h6-15,23-25,28H,16-20H2,1-5H3,(H,29,30)/t23-,24+,25-/m1/s1. The van der Waals surface area contributed by atoms with Crippen LogP contribution in [0.4, 0.5) is 0 Å². The van der Waals surface area contributed by atoms with Crippen molar-refractivity contribution in [1.82, 2.24) is 10.9 Å². The molecule has 1 aliphatic rings. The molecule has 0 unspecified atom stereocenters. The zero-order valence-corrected chi connectivity index (χ0v) is 22.2. The lowest BCUT2D eigenvalue weighted by atomic mass is 10.0. The smallest absolute Gasteiger partial charge is 0.235 e. The number of nitrogens with one attached hydrogen (secondary N) is 2. The van der Waals surface area contributed by atoms with E-state index in [1.165, 1.54) is 0 Å². The molecule has 2 aromatic rings. The fourth-order valence-corrected chi connectivity index (χ4v) is 5.01. The Bertz CT molecular complexity index is 887. The molecule has 1 amide bonds. The van der Waals surface area contributed by atoms with Crippen molar-refractivity contribution in [2.75, 3.05) is 6.61 Å². The predicted octanol–water partition coefficient (Wildman–Crippen LogP) is 4.96. The SMILES string of the molecule is CC(C)(C)[Si](C)(C)O[C@H](COCc1ccccc1)[C@H](C[C@@H]1CC(=O)NN1)OCc1ccccc1. The van der Waals surface area contributed by atoms with E-state index in [4.69, 9.17) is 13.9 Å². The summed E-state index contributed by atoms with van der Waals surface area (Å²) in [5.74, 6) is 0.00833. The van der Waals surface area contributed by atoms with E-state index in [-0.39, 0.29) is 29.2 Å². The molecule has 2 N–H and O–H groups in total. The number of amides is 1. The molecule has 1 fully saturated rings. The first-order valence-corrected chi connectivity index (χ1v) is 15.0. The molecular weight excluding hydrogens is 444 g/mol. The van der Waals surface area contributed by atoms with Crippen LogP contribution in [0.15, 0.2) is 60.7 Å². The van der Waals surface area contributed by atoms with Gasteiger partial charge in [0.05, 0.1) is 32.0 Å². The van der Waals surface area contributed by atoms with Crippen LogP contribution in [0, 0.1) is 0 Å². The Morgan fingerprint density at radius 1 is 0.941 bits per heavy atom. The Morgan fingerprint density at radius 2 is 1.53 bits per heavy atom. The Morgan fingerprint density at radius 3 is 2.06 bits per heavy atom. The molecule has 0 aromatic heterocycles. The number of rotatable bonds is 12. The van der Waals surface area contributed by atoms with Crippen LogP contribution in [0.2, 0.25) is 18.1 Å². The van der Waals surface area contributed by atoms with Gasteiger partial charge in [0.2, 0.25) is 5.91 Å². The van der Waals surface area contributed by atoms with Crippen molar-refractivity contribution in [3.05, 3.63) is 71.8 Å². The van der Waals surface area contributed by atoms with E-state index in [1.807, 2.05) is 36.4 Å². The van der Waals surface area contributed by atoms with E-state index < -0.39 is 8.32 Å². The summed E-state index contributed by atoms with van der Waals surface area (Å²) in [5.41, 5.74) is 8.05. The molecule has 1 heterocycles. The van der Waals surface area contributed by atoms with Crippen LogP contribution in [0.1, 0.15) is 44.7 Å². The number of benzene rings is 2. The van der Waals surface area contributed by atoms with Crippen LogP contribution < -0.4 is 10.9 Å². The van der Waals surface area contributed by atoms with E-state index >= 15 is 0 Å². The fourth-order valence-electron chi connectivity index (χ4n) is 3.68. The van der Waals surface area contributed by atoms with E-state index in [1.54, 1.807) is 0 Å². The highest BCUT2D eigenvalue weighted by Crippen LogP contribution is 2.38. The highest BCUT2D eigenvalue weighted by Gasteiger charge is 2.42. The summed E-state index contributed by atoms with van der Waals surface area (Å²) in [4.78, 5) is 11.8. The number of carbonyl (C=O) groups is 1. The van der Waals surface area contributed by atoms with Crippen molar-refractivity contribution in [3.63, 3.8) is 0 Å². The highest BCUT2D eigenvalue weighted by atomic mass is 28.4. The summed E-state index contributed by atoms with van der Waals surface area (Å²) >= 11 is 0. The van der Waals surface area contributed by atoms with Crippen LogP contribution >= 0.6 is 0 Å². The molecule has 1 aliphatic heterocycles. The normalized spacial score (nSPS) is 18.5. The maximum absolute atomic E-state index is 11.8. The van der Waals surface area contributed by atoms with Gasteiger partial charge in [-0.15, -0.1) is 0 Å². The van der Waals surface area contributed by atoms with Crippen molar-refractivity contribution < 1.29 is 18.7 Å². The predicted molar refractivity (Wildman–Crippen MR) is 137 cm³/mol. The molecule has 3 atom stereocenters. The topological polar surface area (TPSA) is 68.8 Å². The summed E-state index contributed by atoms with van der Waals surface area (Å²) in [6.07, 6.45) is 0.615. The Balaban J connectivity index is 1.77. The molecule has 0 bridgehead atoms. The first-order valence-electron chi connectivity index (χ1n) is 12.1. The largest absolute Gasteiger partial charge is 0.409 e. The molecule has 3 rings (SSSR count). The first kappa shape index (κ1) is 26.6. The van der Waals surface area contributed by atoms with Crippen LogP contribution in [0.3, 0.4) is 0 Å². The number of carbonyl (C=O) groups excluding carboxylic acids is 1. The summed E-state index contributed by atoms with van der Waals surface area (Å²) in [7, 11) is -2.10. The Hall–Kier alpha value is -2.03. The first-order chi connectivity index (χ1) is 16.1. The van der Waals surface area contributed by atoms with E-state index in [0.717, 1.165) is 11.1 Å². The molecule has 0 saturated carbocycles.